The van der Waals surface area contributed by atoms with Crippen LogP contribution in [-0.4, -0.2) is 25.1 Å². The van der Waals surface area contributed by atoms with Crippen molar-refractivity contribution in [2.75, 3.05) is 19.5 Å². The predicted octanol–water partition coefficient (Wildman–Crippen LogP) is 3.10. The zero-order chi connectivity index (χ0) is 17.3. The molecule has 2 aromatic rings. The molecule has 0 fully saturated rings. The van der Waals surface area contributed by atoms with Crippen LogP contribution in [0, 0.1) is 10.1 Å². The van der Waals surface area contributed by atoms with Crippen LogP contribution in [0.5, 0.6) is 11.5 Å². The molecular formula is C17H14N2O5. The first kappa shape index (κ1) is 15.5. The summed E-state index contributed by atoms with van der Waals surface area (Å²) in [5.41, 5.74) is 1.81. The summed E-state index contributed by atoms with van der Waals surface area (Å²) in [6, 6.07) is 9.59. The third-order valence-corrected chi connectivity index (χ3v) is 3.74. The first-order valence-corrected chi connectivity index (χ1v) is 7.08. The molecule has 24 heavy (non-hydrogen) atoms. The Labute approximate surface area is 137 Å². The molecule has 122 valence electrons. The molecule has 0 saturated carbocycles. The fourth-order valence-electron chi connectivity index (χ4n) is 2.59. The fraction of sp³-hybridized carbons (Fsp3) is 0.118. The van der Waals surface area contributed by atoms with Crippen LogP contribution < -0.4 is 14.8 Å². The Morgan fingerprint density at radius 2 is 1.79 bits per heavy atom. The van der Waals surface area contributed by atoms with Crippen LogP contribution in [0.15, 0.2) is 36.4 Å². The van der Waals surface area contributed by atoms with Gasteiger partial charge in [-0.3, -0.25) is 14.9 Å². The molecule has 1 heterocycles. The average Bonchev–Trinajstić information content (AvgIpc) is 2.88. The van der Waals surface area contributed by atoms with E-state index in [1.807, 2.05) is 0 Å². The van der Waals surface area contributed by atoms with Gasteiger partial charge in [-0.05, 0) is 18.2 Å². The minimum absolute atomic E-state index is 0.0632. The summed E-state index contributed by atoms with van der Waals surface area (Å²) in [5.74, 6) is 0.628. The fourth-order valence-corrected chi connectivity index (χ4v) is 2.59. The summed E-state index contributed by atoms with van der Waals surface area (Å²) in [6.45, 7) is 0. The molecule has 0 unspecified atom stereocenters. The van der Waals surface area contributed by atoms with Crippen molar-refractivity contribution in [2.24, 2.45) is 0 Å². The highest BCUT2D eigenvalue weighted by atomic mass is 16.6. The van der Waals surface area contributed by atoms with Gasteiger partial charge in [0.25, 0.3) is 11.6 Å². The highest BCUT2D eigenvalue weighted by Gasteiger charge is 2.27. The van der Waals surface area contributed by atoms with E-state index in [-0.39, 0.29) is 11.6 Å². The quantitative estimate of drug-likeness (QED) is 0.529. The van der Waals surface area contributed by atoms with Gasteiger partial charge in [-0.1, -0.05) is 12.1 Å². The number of rotatable bonds is 4. The Hall–Kier alpha value is -3.35. The molecule has 1 amide bonds. The summed E-state index contributed by atoms with van der Waals surface area (Å²) in [6.07, 6.45) is 1.51. The van der Waals surface area contributed by atoms with Gasteiger partial charge in [0.05, 0.1) is 30.4 Å². The van der Waals surface area contributed by atoms with Crippen molar-refractivity contribution >= 4 is 28.9 Å². The maximum atomic E-state index is 12.3. The molecule has 2 aromatic carbocycles. The minimum atomic E-state index is -0.477. The normalized spacial score (nSPS) is 14.2. The molecule has 0 spiro atoms. The van der Waals surface area contributed by atoms with E-state index in [0.29, 0.717) is 33.9 Å². The lowest BCUT2D eigenvalue weighted by Crippen LogP contribution is -2.03. The van der Waals surface area contributed by atoms with Gasteiger partial charge >= 0.3 is 0 Å². The Bertz CT molecular complexity index is 873. The monoisotopic (exact) mass is 326 g/mol. The van der Waals surface area contributed by atoms with Crippen molar-refractivity contribution in [3.05, 3.63) is 57.6 Å². The number of nitrogens with one attached hydrogen (secondary N) is 1. The summed E-state index contributed by atoms with van der Waals surface area (Å²) in [5, 5.41) is 13.9. The number of methoxy groups -OCH3 is 2. The van der Waals surface area contributed by atoms with Crippen molar-refractivity contribution in [3.8, 4) is 11.5 Å². The maximum Gasteiger partial charge on any atom is 0.276 e. The molecular weight excluding hydrogens is 312 g/mol. The Balaban J connectivity index is 2.15. The molecule has 0 saturated heterocycles. The lowest BCUT2D eigenvalue weighted by atomic mass is 10.0. The number of ether oxygens (including phenoxy) is 2. The molecule has 7 heteroatoms. The van der Waals surface area contributed by atoms with Crippen LogP contribution in [-0.2, 0) is 4.79 Å². The maximum absolute atomic E-state index is 12.3. The average molecular weight is 326 g/mol. The third-order valence-electron chi connectivity index (χ3n) is 3.74. The van der Waals surface area contributed by atoms with Crippen LogP contribution in [0.2, 0.25) is 0 Å². The largest absolute Gasteiger partial charge is 0.493 e. The van der Waals surface area contributed by atoms with E-state index in [9.17, 15) is 14.9 Å². The SMILES string of the molecule is COc1cc2c(cc1OC)/C(=C/c1ccccc1[N+](=O)[O-])C(=O)N2. The lowest BCUT2D eigenvalue weighted by Gasteiger charge is -2.09. The second kappa shape index (κ2) is 6.04. The molecule has 1 aliphatic heterocycles. The van der Waals surface area contributed by atoms with Gasteiger partial charge in [-0.2, -0.15) is 0 Å². The van der Waals surface area contributed by atoms with Gasteiger partial charge in [0.15, 0.2) is 11.5 Å². The van der Waals surface area contributed by atoms with Crippen molar-refractivity contribution < 1.29 is 19.2 Å². The Morgan fingerprint density at radius 3 is 2.46 bits per heavy atom. The number of nitro groups is 1. The number of para-hydroxylation sites is 1. The summed E-state index contributed by atoms with van der Waals surface area (Å²) in [7, 11) is 3.00. The van der Waals surface area contributed by atoms with E-state index in [4.69, 9.17) is 9.47 Å². The van der Waals surface area contributed by atoms with Gasteiger partial charge in [0, 0.05) is 23.3 Å². The minimum Gasteiger partial charge on any atom is -0.493 e. The molecule has 0 bridgehead atoms. The topological polar surface area (TPSA) is 90.7 Å². The number of carbonyl (C=O) groups is 1. The van der Waals surface area contributed by atoms with Gasteiger partial charge in [0.2, 0.25) is 0 Å². The number of carbonyl (C=O) groups excluding carboxylic acids is 1. The van der Waals surface area contributed by atoms with Gasteiger partial charge in [-0.15, -0.1) is 0 Å². The zero-order valence-electron chi connectivity index (χ0n) is 13.0. The van der Waals surface area contributed by atoms with Crippen molar-refractivity contribution in [1.29, 1.82) is 0 Å². The second-order valence-electron chi connectivity index (χ2n) is 5.08. The van der Waals surface area contributed by atoms with E-state index in [2.05, 4.69) is 5.32 Å². The Kier molecular flexibility index (Phi) is 3.91. The Morgan fingerprint density at radius 1 is 1.12 bits per heavy atom. The standard InChI is InChI=1S/C17H14N2O5/c1-23-15-8-11-12(17(20)18-13(11)9-16(15)24-2)7-10-5-3-4-6-14(10)19(21)22/h3-9H,1-2H3,(H,18,20)/b12-7-. The molecule has 0 radical (unpaired) electrons. The third kappa shape index (κ3) is 2.56. The van der Waals surface area contributed by atoms with Crippen LogP contribution in [0.3, 0.4) is 0 Å². The molecule has 7 nitrogen and oxygen atoms in total. The van der Waals surface area contributed by atoms with E-state index in [0.717, 1.165) is 0 Å². The number of nitrogens with zero attached hydrogens (tertiary/aromatic N) is 1. The number of hydrogen-bond acceptors (Lipinski definition) is 5. The van der Waals surface area contributed by atoms with E-state index in [1.165, 1.54) is 26.4 Å². The van der Waals surface area contributed by atoms with Crippen molar-refractivity contribution in [2.45, 2.75) is 0 Å². The van der Waals surface area contributed by atoms with Crippen LogP contribution >= 0.6 is 0 Å². The number of fused-ring (bicyclic) bond motifs is 1. The summed E-state index contributed by atoms with van der Waals surface area (Å²) < 4.78 is 10.5. The highest BCUT2D eigenvalue weighted by Crippen LogP contribution is 2.41. The molecule has 1 N–H and O–H groups in total. The smallest absolute Gasteiger partial charge is 0.276 e. The second-order valence-corrected chi connectivity index (χ2v) is 5.08. The lowest BCUT2D eigenvalue weighted by molar-refractivity contribution is -0.385. The number of amides is 1. The first-order valence-electron chi connectivity index (χ1n) is 7.08. The van der Waals surface area contributed by atoms with Crippen molar-refractivity contribution in [1.82, 2.24) is 0 Å². The van der Waals surface area contributed by atoms with Gasteiger partial charge < -0.3 is 14.8 Å². The number of nitro benzene ring substituents is 1. The van der Waals surface area contributed by atoms with E-state index >= 15 is 0 Å². The molecule has 0 aliphatic carbocycles. The summed E-state index contributed by atoms with van der Waals surface area (Å²) in [4.78, 5) is 23.0. The van der Waals surface area contributed by atoms with Crippen LogP contribution in [0.25, 0.3) is 11.6 Å². The molecule has 3 rings (SSSR count). The van der Waals surface area contributed by atoms with Gasteiger partial charge in [-0.25, -0.2) is 0 Å². The van der Waals surface area contributed by atoms with Gasteiger partial charge in [0.1, 0.15) is 0 Å². The first-order chi connectivity index (χ1) is 11.5. The van der Waals surface area contributed by atoms with Crippen LogP contribution in [0.1, 0.15) is 11.1 Å². The van der Waals surface area contributed by atoms with E-state index < -0.39 is 4.92 Å². The molecule has 1 aliphatic rings. The highest BCUT2D eigenvalue weighted by molar-refractivity contribution is 6.35. The van der Waals surface area contributed by atoms with E-state index in [1.54, 1.807) is 30.3 Å². The molecule has 0 atom stereocenters. The number of benzene rings is 2. The van der Waals surface area contributed by atoms with Crippen molar-refractivity contribution in [3.63, 3.8) is 0 Å². The predicted molar refractivity (Wildman–Crippen MR) is 89.1 cm³/mol. The number of hydrogen-bond donors (Lipinski definition) is 1. The summed E-state index contributed by atoms with van der Waals surface area (Å²) >= 11 is 0. The zero-order valence-corrected chi connectivity index (χ0v) is 13.0. The number of anilines is 1. The van der Waals surface area contributed by atoms with Crippen LogP contribution in [0.4, 0.5) is 11.4 Å². The molecule has 0 aromatic heterocycles.